The van der Waals surface area contributed by atoms with Gasteiger partial charge in [0.1, 0.15) is 6.29 Å². The Morgan fingerprint density at radius 3 is 2.59 bits per heavy atom. The minimum absolute atomic E-state index is 0.623. The van der Waals surface area contributed by atoms with Crippen molar-refractivity contribution in [2.45, 2.75) is 32.6 Å². The first-order valence-electron chi connectivity index (χ1n) is 7.84. The number of aliphatic imine (C=N–C) groups is 1. The molecule has 3 nitrogen and oxygen atoms in total. The van der Waals surface area contributed by atoms with Gasteiger partial charge in [-0.05, 0) is 67.5 Å². The first-order chi connectivity index (χ1) is 10.7. The van der Waals surface area contributed by atoms with Crippen LogP contribution in [0, 0.1) is 0 Å². The van der Waals surface area contributed by atoms with Gasteiger partial charge < -0.3 is 5.32 Å². The van der Waals surface area contributed by atoms with Gasteiger partial charge >= 0.3 is 0 Å². The second kappa shape index (κ2) is 5.91. The van der Waals surface area contributed by atoms with Crippen LogP contribution in [0.25, 0.3) is 11.6 Å². The van der Waals surface area contributed by atoms with Gasteiger partial charge in [-0.1, -0.05) is 6.07 Å². The van der Waals surface area contributed by atoms with Crippen molar-refractivity contribution in [2.24, 2.45) is 4.99 Å². The summed E-state index contributed by atoms with van der Waals surface area (Å²) in [6.07, 6.45) is 6.81. The standard InChI is InChI=1S/C19H22N2O/c1-12-11-21-13(2)19(12)15-9-17(14-6-7-14)16(5-4-8-22)18(10-15)20-3/h4-5,8-10,14,20H,6-7,11H2,1-3H3/b5-4-. The van der Waals surface area contributed by atoms with Crippen molar-refractivity contribution in [1.82, 2.24) is 0 Å². The number of hydrogen-bond donors (Lipinski definition) is 1. The molecular weight excluding hydrogens is 272 g/mol. The third-order valence-corrected chi connectivity index (χ3v) is 4.47. The summed E-state index contributed by atoms with van der Waals surface area (Å²) in [5.74, 6) is 0.623. The highest BCUT2D eigenvalue weighted by Gasteiger charge is 2.28. The lowest BCUT2D eigenvalue weighted by Gasteiger charge is -2.16. The predicted molar refractivity (Wildman–Crippen MR) is 93.6 cm³/mol. The van der Waals surface area contributed by atoms with Crippen LogP contribution < -0.4 is 5.32 Å². The molecule has 0 radical (unpaired) electrons. The van der Waals surface area contributed by atoms with E-state index in [0.29, 0.717) is 5.92 Å². The van der Waals surface area contributed by atoms with Crippen molar-refractivity contribution in [1.29, 1.82) is 0 Å². The first kappa shape index (κ1) is 14.8. The highest BCUT2D eigenvalue weighted by Crippen LogP contribution is 2.45. The smallest absolute Gasteiger partial charge is 0.142 e. The van der Waals surface area contributed by atoms with Gasteiger partial charge in [-0.15, -0.1) is 0 Å². The number of allylic oxidation sites excluding steroid dienone is 2. The van der Waals surface area contributed by atoms with Crippen LogP contribution in [0.2, 0.25) is 0 Å². The Bertz CT molecular complexity index is 706. The van der Waals surface area contributed by atoms with E-state index in [2.05, 4.69) is 36.3 Å². The van der Waals surface area contributed by atoms with Crippen LogP contribution in [0.4, 0.5) is 5.69 Å². The fraction of sp³-hybridized carbons (Fsp3) is 0.368. The zero-order valence-corrected chi connectivity index (χ0v) is 13.4. The van der Waals surface area contributed by atoms with Gasteiger partial charge in [0.05, 0.1) is 6.54 Å². The molecule has 0 amide bonds. The summed E-state index contributed by atoms with van der Waals surface area (Å²) in [5.41, 5.74) is 8.55. The minimum atomic E-state index is 0.623. The lowest BCUT2D eigenvalue weighted by atomic mass is 9.91. The maximum Gasteiger partial charge on any atom is 0.142 e. The molecule has 0 unspecified atom stereocenters. The lowest BCUT2D eigenvalue weighted by molar-refractivity contribution is -0.104. The molecule has 2 aliphatic rings. The van der Waals surface area contributed by atoms with E-state index in [-0.39, 0.29) is 0 Å². The third-order valence-electron chi connectivity index (χ3n) is 4.47. The van der Waals surface area contributed by atoms with E-state index in [9.17, 15) is 4.79 Å². The first-order valence-corrected chi connectivity index (χ1v) is 7.84. The quantitative estimate of drug-likeness (QED) is 0.657. The largest absolute Gasteiger partial charge is 0.388 e. The van der Waals surface area contributed by atoms with Gasteiger partial charge in [0.25, 0.3) is 0 Å². The molecule has 0 bridgehead atoms. The average molecular weight is 294 g/mol. The van der Waals surface area contributed by atoms with Crippen LogP contribution in [0.5, 0.6) is 0 Å². The van der Waals surface area contributed by atoms with Gasteiger partial charge in [0.2, 0.25) is 0 Å². The minimum Gasteiger partial charge on any atom is -0.388 e. The number of aldehydes is 1. The fourth-order valence-electron chi connectivity index (χ4n) is 3.24. The number of carbonyl (C=O) groups is 1. The van der Waals surface area contributed by atoms with Crippen LogP contribution in [-0.2, 0) is 4.79 Å². The Morgan fingerprint density at radius 1 is 1.27 bits per heavy atom. The topological polar surface area (TPSA) is 41.5 Å². The molecule has 22 heavy (non-hydrogen) atoms. The Kier molecular flexibility index (Phi) is 3.97. The van der Waals surface area contributed by atoms with E-state index >= 15 is 0 Å². The molecule has 0 atom stereocenters. The molecule has 0 spiro atoms. The zero-order valence-electron chi connectivity index (χ0n) is 13.4. The maximum atomic E-state index is 10.7. The number of anilines is 1. The van der Waals surface area contributed by atoms with Crippen molar-refractivity contribution in [3.8, 4) is 0 Å². The van der Waals surface area contributed by atoms with Crippen LogP contribution in [0.1, 0.15) is 49.3 Å². The third kappa shape index (κ3) is 2.63. The van der Waals surface area contributed by atoms with Gasteiger partial charge in [-0.2, -0.15) is 0 Å². The molecule has 1 aromatic carbocycles. The maximum absolute atomic E-state index is 10.7. The van der Waals surface area contributed by atoms with E-state index in [4.69, 9.17) is 0 Å². The second-order valence-corrected chi connectivity index (χ2v) is 6.10. The van der Waals surface area contributed by atoms with Crippen molar-refractivity contribution >= 4 is 29.3 Å². The normalized spacial score (nSPS) is 18.0. The van der Waals surface area contributed by atoms with E-state index in [1.165, 1.54) is 35.1 Å². The van der Waals surface area contributed by atoms with Crippen LogP contribution >= 0.6 is 0 Å². The summed E-state index contributed by atoms with van der Waals surface area (Å²) < 4.78 is 0. The fourth-order valence-corrected chi connectivity index (χ4v) is 3.24. The summed E-state index contributed by atoms with van der Waals surface area (Å²) >= 11 is 0. The number of rotatable bonds is 5. The van der Waals surface area contributed by atoms with E-state index in [0.717, 1.165) is 29.8 Å². The second-order valence-electron chi connectivity index (χ2n) is 6.10. The van der Waals surface area contributed by atoms with Gasteiger partial charge in [-0.3, -0.25) is 9.79 Å². The van der Waals surface area contributed by atoms with Crippen molar-refractivity contribution < 1.29 is 4.79 Å². The van der Waals surface area contributed by atoms with Gasteiger partial charge in [0.15, 0.2) is 0 Å². The van der Waals surface area contributed by atoms with E-state index in [1.54, 1.807) is 6.08 Å². The number of nitrogens with one attached hydrogen (secondary N) is 1. The molecule has 1 N–H and O–H groups in total. The summed E-state index contributed by atoms with van der Waals surface area (Å²) in [6.45, 7) is 5.05. The summed E-state index contributed by atoms with van der Waals surface area (Å²) in [5, 5.41) is 3.29. The molecule has 0 saturated heterocycles. The molecule has 1 aromatic rings. The van der Waals surface area contributed by atoms with Gasteiger partial charge in [0, 0.05) is 29.6 Å². The molecule has 1 aliphatic heterocycles. The number of carbonyl (C=O) groups excluding carboxylic acids is 1. The highest BCUT2D eigenvalue weighted by molar-refractivity contribution is 6.25. The lowest BCUT2D eigenvalue weighted by Crippen LogP contribution is -2.02. The van der Waals surface area contributed by atoms with Crippen LogP contribution in [0.3, 0.4) is 0 Å². The highest BCUT2D eigenvalue weighted by atomic mass is 16.1. The van der Waals surface area contributed by atoms with E-state index in [1.807, 2.05) is 13.1 Å². The van der Waals surface area contributed by atoms with Crippen molar-refractivity contribution in [2.75, 3.05) is 18.9 Å². The predicted octanol–water partition coefficient (Wildman–Crippen LogP) is 4.07. The summed E-state index contributed by atoms with van der Waals surface area (Å²) in [6, 6.07) is 4.48. The Hall–Kier alpha value is -2.16. The summed E-state index contributed by atoms with van der Waals surface area (Å²) in [7, 11) is 1.94. The number of nitrogens with zero attached hydrogens (tertiary/aromatic N) is 1. The molecular formula is C19H22N2O. The molecule has 1 aliphatic carbocycles. The van der Waals surface area contributed by atoms with Crippen LogP contribution in [0.15, 0.2) is 28.8 Å². The Labute approximate surface area is 131 Å². The van der Waals surface area contributed by atoms with Crippen molar-refractivity contribution in [3.63, 3.8) is 0 Å². The Morgan fingerprint density at radius 2 is 2.05 bits per heavy atom. The number of benzene rings is 1. The monoisotopic (exact) mass is 294 g/mol. The number of hydrogen-bond acceptors (Lipinski definition) is 3. The molecule has 1 fully saturated rings. The molecule has 0 aromatic heterocycles. The van der Waals surface area contributed by atoms with Crippen LogP contribution in [-0.4, -0.2) is 25.6 Å². The summed E-state index contributed by atoms with van der Waals surface area (Å²) in [4.78, 5) is 15.3. The Balaban J connectivity index is 2.16. The molecule has 3 heteroatoms. The molecule has 1 heterocycles. The zero-order chi connectivity index (χ0) is 15.7. The average Bonchev–Trinajstić information content (AvgIpc) is 3.30. The molecule has 114 valence electrons. The molecule has 3 rings (SSSR count). The van der Waals surface area contributed by atoms with Crippen molar-refractivity contribution in [3.05, 3.63) is 40.5 Å². The molecule has 1 saturated carbocycles. The van der Waals surface area contributed by atoms with Gasteiger partial charge in [-0.25, -0.2) is 0 Å². The SMILES string of the molecule is CNc1cc(C2=C(C)CN=C2C)cc(C2CC2)c1/C=C\C=O. The van der Waals surface area contributed by atoms with E-state index < -0.39 is 0 Å².